The molecule has 0 radical (unpaired) electrons. The van der Waals surface area contributed by atoms with Gasteiger partial charge in [0, 0.05) is 5.56 Å². The predicted octanol–water partition coefficient (Wildman–Crippen LogP) is 2.84. The molecule has 0 spiro atoms. The Morgan fingerprint density at radius 1 is 0.950 bits per heavy atom. The van der Waals surface area contributed by atoms with Crippen molar-refractivity contribution in [1.29, 1.82) is 0 Å². The van der Waals surface area contributed by atoms with Gasteiger partial charge in [0.1, 0.15) is 0 Å². The van der Waals surface area contributed by atoms with Gasteiger partial charge in [-0.25, -0.2) is 9.59 Å². The van der Waals surface area contributed by atoms with Crippen molar-refractivity contribution >= 4 is 11.9 Å². The largest absolute Gasteiger partial charge is 0.478 e. The molecule has 0 bridgehead atoms. The normalized spacial score (nSPS) is 13.2. The van der Waals surface area contributed by atoms with Gasteiger partial charge in [0.05, 0.1) is 5.56 Å². The molecule has 2 aromatic carbocycles. The average molecular weight is 270 g/mol. The maximum atomic E-state index is 12.1. The summed E-state index contributed by atoms with van der Waals surface area (Å²) in [7, 11) is 0. The van der Waals surface area contributed by atoms with Gasteiger partial charge in [-0.05, 0) is 19.1 Å². The zero-order chi connectivity index (χ0) is 14.6. The number of carboxylic acid groups (broad SMARTS) is 1. The molecule has 1 unspecified atom stereocenters. The molecule has 2 aromatic rings. The van der Waals surface area contributed by atoms with Gasteiger partial charge in [0.25, 0.3) is 0 Å². The molecule has 102 valence electrons. The highest BCUT2D eigenvalue weighted by Gasteiger charge is 2.39. The Labute approximate surface area is 116 Å². The second-order valence-corrected chi connectivity index (χ2v) is 4.46. The van der Waals surface area contributed by atoms with Gasteiger partial charge in [-0.15, -0.1) is 0 Å². The number of rotatable bonds is 4. The third kappa shape index (κ3) is 2.69. The fourth-order valence-corrected chi connectivity index (χ4v) is 1.80. The van der Waals surface area contributed by atoms with Crippen molar-refractivity contribution in [3.63, 3.8) is 0 Å². The molecule has 4 nitrogen and oxygen atoms in total. The van der Waals surface area contributed by atoms with Crippen molar-refractivity contribution in [1.82, 2.24) is 0 Å². The van der Waals surface area contributed by atoms with Crippen molar-refractivity contribution in [3.8, 4) is 0 Å². The number of carbonyl (C=O) groups excluding carboxylic acids is 1. The lowest BCUT2D eigenvalue weighted by atomic mass is 9.96. The van der Waals surface area contributed by atoms with Gasteiger partial charge >= 0.3 is 11.9 Å². The minimum absolute atomic E-state index is 0.316. The Morgan fingerprint density at radius 3 is 1.95 bits per heavy atom. The number of carbonyl (C=O) groups is 2. The fourth-order valence-electron chi connectivity index (χ4n) is 1.80. The first-order valence-electron chi connectivity index (χ1n) is 6.11. The summed E-state index contributed by atoms with van der Waals surface area (Å²) >= 11 is 0. The van der Waals surface area contributed by atoms with Gasteiger partial charge in [-0.2, -0.15) is 0 Å². The molecule has 0 aliphatic heterocycles. The molecular weight excluding hydrogens is 256 g/mol. The van der Waals surface area contributed by atoms with E-state index in [-0.39, 0.29) is 0 Å². The minimum Gasteiger partial charge on any atom is -0.478 e. The molecule has 0 fully saturated rings. The highest BCUT2D eigenvalue weighted by molar-refractivity contribution is 5.92. The minimum atomic E-state index is -1.71. The Hall–Kier alpha value is -2.62. The molecule has 1 N–H and O–H groups in total. The number of aliphatic carboxylic acids is 1. The van der Waals surface area contributed by atoms with Crippen LogP contribution in [0.4, 0.5) is 0 Å². The smallest absolute Gasteiger partial charge is 0.352 e. The number of esters is 1. The number of hydrogen-bond acceptors (Lipinski definition) is 3. The van der Waals surface area contributed by atoms with E-state index >= 15 is 0 Å². The van der Waals surface area contributed by atoms with E-state index in [4.69, 9.17) is 4.74 Å². The van der Waals surface area contributed by atoms with Crippen LogP contribution >= 0.6 is 0 Å². The SMILES string of the molecule is CC(OC(=O)c1ccccc1)(C(=O)O)c1ccccc1. The Kier molecular flexibility index (Phi) is 3.84. The molecule has 0 amide bonds. The Balaban J connectivity index is 2.32. The zero-order valence-corrected chi connectivity index (χ0v) is 10.9. The van der Waals surface area contributed by atoms with E-state index < -0.39 is 17.5 Å². The first-order chi connectivity index (χ1) is 9.54. The molecule has 0 saturated carbocycles. The van der Waals surface area contributed by atoms with Gasteiger partial charge in [0.2, 0.25) is 5.60 Å². The van der Waals surface area contributed by atoms with Crippen molar-refractivity contribution < 1.29 is 19.4 Å². The summed E-state index contributed by atoms with van der Waals surface area (Å²) in [5.41, 5.74) is -0.985. The second-order valence-electron chi connectivity index (χ2n) is 4.46. The standard InChI is InChI=1S/C16H14O4/c1-16(15(18)19,13-10-6-3-7-11-13)20-14(17)12-8-4-2-5-9-12/h2-11H,1H3,(H,18,19). The van der Waals surface area contributed by atoms with E-state index in [1.807, 2.05) is 0 Å². The topological polar surface area (TPSA) is 63.6 Å². The summed E-state index contributed by atoms with van der Waals surface area (Å²) in [6, 6.07) is 16.7. The third-order valence-corrected chi connectivity index (χ3v) is 3.04. The second kappa shape index (κ2) is 5.57. The summed E-state index contributed by atoms with van der Waals surface area (Å²) in [5, 5.41) is 9.40. The highest BCUT2D eigenvalue weighted by Crippen LogP contribution is 2.27. The van der Waals surface area contributed by atoms with E-state index in [0.29, 0.717) is 11.1 Å². The van der Waals surface area contributed by atoms with Crippen LogP contribution < -0.4 is 0 Å². The van der Waals surface area contributed by atoms with Crippen LogP contribution in [0.1, 0.15) is 22.8 Å². The number of benzene rings is 2. The van der Waals surface area contributed by atoms with Crippen molar-refractivity contribution in [3.05, 3.63) is 71.8 Å². The highest BCUT2D eigenvalue weighted by atomic mass is 16.6. The van der Waals surface area contributed by atoms with Crippen molar-refractivity contribution in [2.75, 3.05) is 0 Å². The quantitative estimate of drug-likeness (QED) is 0.868. The molecule has 4 heteroatoms. The number of carboxylic acids is 1. The monoisotopic (exact) mass is 270 g/mol. The summed E-state index contributed by atoms with van der Waals surface area (Å²) in [6.45, 7) is 1.37. The van der Waals surface area contributed by atoms with E-state index in [9.17, 15) is 14.7 Å². The Morgan fingerprint density at radius 2 is 1.45 bits per heavy atom. The molecule has 0 saturated heterocycles. The third-order valence-electron chi connectivity index (χ3n) is 3.04. The van der Waals surface area contributed by atoms with E-state index in [0.717, 1.165) is 0 Å². The van der Waals surface area contributed by atoms with Crippen molar-refractivity contribution in [2.45, 2.75) is 12.5 Å². The van der Waals surface area contributed by atoms with Gasteiger partial charge < -0.3 is 9.84 Å². The molecular formula is C16H14O4. The van der Waals surface area contributed by atoms with Crippen LogP contribution in [0.3, 0.4) is 0 Å². The lowest BCUT2D eigenvalue weighted by molar-refractivity contribution is -0.158. The molecule has 0 aromatic heterocycles. The lowest BCUT2D eigenvalue weighted by Gasteiger charge is -2.25. The van der Waals surface area contributed by atoms with Gasteiger partial charge in [-0.3, -0.25) is 0 Å². The molecule has 1 atom stereocenters. The summed E-state index contributed by atoms with van der Waals surface area (Å²) in [4.78, 5) is 23.6. The first-order valence-corrected chi connectivity index (χ1v) is 6.11. The van der Waals surface area contributed by atoms with Crippen LogP contribution in [0, 0.1) is 0 Å². The number of hydrogen-bond donors (Lipinski definition) is 1. The maximum absolute atomic E-state index is 12.1. The van der Waals surface area contributed by atoms with Crippen LogP contribution in [0.5, 0.6) is 0 Å². The van der Waals surface area contributed by atoms with Crippen LogP contribution in [-0.4, -0.2) is 17.0 Å². The van der Waals surface area contributed by atoms with E-state index in [1.54, 1.807) is 60.7 Å². The molecule has 2 rings (SSSR count). The lowest BCUT2D eigenvalue weighted by Crippen LogP contribution is -2.37. The summed E-state index contributed by atoms with van der Waals surface area (Å²) in [5.74, 6) is -1.88. The fraction of sp³-hybridized carbons (Fsp3) is 0.125. The molecule has 0 aliphatic rings. The average Bonchev–Trinajstić information content (AvgIpc) is 2.48. The summed E-state index contributed by atoms with van der Waals surface area (Å²) < 4.78 is 5.23. The first kappa shape index (κ1) is 13.8. The predicted molar refractivity (Wildman–Crippen MR) is 73.3 cm³/mol. The van der Waals surface area contributed by atoms with E-state index in [1.165, 1.54) is 6.92 Å². The van der Waals surface area contributed by atoms with Gasteiger partial charge in [0.15, 0.2) is 0 Å². The van der Waals surface area contributed by atoms with E-state index in [2.05, 4.69) is 0 Å². The Bertz CT molecular complexity index is 607. The number of ether oxygens (including phenoxy) is 1. The van der Waals surface area contributed by atoms with Gasteiger partial charge in [-0.1, -0.05) is 48.5 Å². The molecule has 0 heterocycles. The molecule has 20 heavy (non-hydrogen) atoms. The van der Waals surface area contributed by atoms with Crippen LogP contribution in [0.15, 0.2) is 60.7 Å². The molecule has 0 aliphatic carbocycles. The van der Waals surface area contributed by atoms with Crippen LogP contribution in [0.2, 0.25) is 0 Å². The van der Waals surface area contributed by atoms with Crippen LogP contribution in [-0.2, 0) is 15.1 Å². The summed E-state index contributed by atoms with van der Waals surface area (Å²) in [6.07, 6.45) is 0. The zero-order valence-electron chi connectivity index (χ0n) is 10.9. The maximum Gasteiger partial charge on any atom is 0.352 e. The van der Waals surface area contributed by atoms with Crippen LogP contribution in [0.25, 0.3) is 0 Å². The van der Waals surface area contributed by atoms with Crippen molar-refractivity contribution in [2.24, 2.45) is 0 Å².